The molecule has 0 aromatic rings. The Hall–Kier alpha value is 0.0500. The number of unbranched alkanes of at least 4 members (excludes halogenated alkanes) is 3. The maximum absolute atomic E-state index is 9.73. The van der Waals surface area contributed by atoms with E-state index in [0.29, 0.717) is 0 Å². The van der Waals surface area contributed by atoms with Crippen molar-refractivity contribution in [1.82, 2.24) is 0 Å². The van der Waals surface area contributed by atoms with Gasteiger partial charge in [0.15, 0.2) is 0 Å². The molecule has 2 heteroatoms. The molecule has 1 nitrogen and oxygen atoms in total. The molecule has 0 amide bonds. The predicted octanol–water partition coefficient (Wildman–Crippen LogP) is 4.02. The Labute approximate surface area is 99.3 Å². The number of thioether (sulfide) groups is 1. The molecule has 0 saturated carbocycles. The van der Waals surface area contributed by atoms with Crippen molar-refractivity contribution in [2.45, 2.75) is 63.7 Å². The summed E-state index contributed by atoms with van der Waals surface area (Å²) in [6.07, 6.45) is 7.45. The minimum absolute atomic E-state index is 0.127. The van der Waals surface area contributed by atoms with Crippen molar-refractivity contribution in [3.63, 3.8) is 0 Å². The van der Waals surface area contributed by atoms with Crippen LogP contribution in [0.15, 0.2) is 12.7 Å². The van der Waals surface area contributed by atoms with Gasteiger partial charge in [-0.2, -0.15) is 11.8 Å². The van der Waals surface area contributed by atoms with Crippen molar-refractivity contribution in [1.29, 1.82) is 0 Å². The van der Waals surface area contributed by atoms with E-state index in [1.165, 1.54) is 12.8 Å². The Morgan fingerprint density at radius 1 is 1.27 bits per heavy atom. The smallest absolute Gasteiger partial charge is 0.0630 e. The largest absolute Gasteiger partial charge is 0.392 e. The molecule has 0 heterocycles. The highest BCUT2D eigenvalue weighted by Crippen LogP contribution is 2.24. The van der Waals surface area contributed by atoms with E-state index in [2.05, 4.69) is 27.4 Å². The maximum Gasteiger partial charge on any atom is 0.0630 e. The Kier molecular flexibility index (Phi) is 8.26. The molecule has 1 unspecified atom stereocenters. The summed E-state index contributed by atoms with van der Waals surface area (Å²) in [7, 11) is 0. The minimum atomic E-state index is -0.127. The SMILES string of the molecule is C=CCCCCCC(O)CSC(C)(C)C. The van der Waals surface area contributed by atoms with E-state index in [9.17, 15) is 5.11 Å². The molecular formula is C13H26OS. The zero-order valence-electron chi connectivity index (χ0n) is 10.5. The first-order valence-electron chi connectivity index (χ1n) is 5.88. The lowest BCUT2D eigenvalue weighted by molar-refractivity contribution is 0.184. The summed E-state index contributed by atoms with van der Waals surface area (Å²) >= 11 is 1.84. The van der Waals surface area contributed by atoms with Crippen LogP contribution in [0.5, 0.6) is 0 Å². The molecule has 90 valence electrons. The summed E-state index contributed by atoms with van der Waals surface area (Å²) in [5, 5.41) is 9.73. The lowest BCUT2D eigenvalue weighted by Gasteiger charge is -2.19. The highest BCUT2D eigenvalue weighted by atomic mass is 32.2. The predicted molar refractivity (Wildman–Crippen MR) is 71.5 cm³/mol. The second kappa shape index (κ2) is 8.23. The Morgan fingerprint density at radius 3 is 2.47 bits per heavy atom. The third-order valence-corrected chi connectivity index (χ3v) is 3.57. The van der Waals surface area contributed by atoms with E-state index in [0.717, 1.165) is 25.0 Å². The molecule has 0 aliphatic rings. The average Bonchev–Trinajstić information content (AvgIpc) is 2.13. The fraction of sp³-hybridized carbons (Fsp3) is 0.846. The van der Waals surface area contributed by atoms with Crippen molar-refractivity contribution in [3.8, 4) is 0 Å². The van der Waals surface area contributed by atoms with Gasteiger partial charge in [0.05, 0.1) is 6.10 Å². The third-order valence-electron chi connectivity index (χ3n) is 2.15. The summed E-state index contributed by atoms with van der Waals surface area (Å²) < 4.78 is 0.268. The molecule has 0 radical (unpaired) electrons. The topological polar surface area (TPSA) is 20.2 Å². The van der Waals surface area contributed by atoms with Gasteiger partial charge in [0.2, 0.25) is 0 Å². The van der Waals surface area contributed by atoms with Gasteiger partial charge in [-0.05, 0) is 19.3 Å². The van der Waals surface area contributed by atoms with Crippen LogP contribution >= 0.6 is 11.8 Å². The van der Waals surface area contributed by atoms with Gasteiger partial charge < -0.3 is 5.11 Å². The fourth-order valence-corrected chi connectivity index (χ4v) is 2.13. The summed E-state index contributed by atoms with van der Waals surface area (Å²) in [5.41, 5.74) is 0. The third kappa shape index (κ3) is 12.0. The van der Waals surface area contributed by atoms with Gasteiger partial charge in [0.1, 0.15) is 0 Å². The van der Waals surface area contributed by atoms with Gasteiger partial charge in [-0.1, -0.05) is 39.7 Å². The van der Waals surface area contributed by atoms with Gasteiger partial charge in [-0.15, -0.1) is 6.58 Å². The summed E-state index contributed by atoms with van der Waals surface area (Å²) in [6.45, 7) is 10.3. The number of hydrogen-bond donors (Lipinski definition) is 1. The molecule has 0 spiro atoms. The van der Waals surface area contributed by atoms with Crippen molar-refractivity contribution >= 4 is 11.8 Å². The first-order valence-corrected chi connectivity index (χ1v) is 6.87. The van der Waals surface area contributed by atoms with E-state index >= 15 is 0 Å². The molecule has 0 aliphatic heterocycles. The van der Waals surface area contributed by atoms with E-state index in [1.54, 1.807) is 0 Å². The van der Waals surface area contributed by atoms with Crippen molar-refractivity contribution in [2.24, 2.45) is 0 Å². The number of hydrogen-bond acceptors (Lipinski definition) is 2. The van der Waals surface area contributed by atoms with Crippen LogP contribution in [0.25, 0.3) is 0 Å². The van der Waals surface area contributed by atoms with Crippen LogP contribution in [0.4, 0.5) is 0 Å². The highest BCUT2D eigenvalue weighted by molar-refractivity contribution is 8.00. The lowest BCUT2D eigenvalue weighted by atomic mass is 10.1. The molecule has 0 aliphatic carbocycles. The second-order valence-corrected chi connectivity index (χ2v) is 6.85. The Morgan fingerprint density at radius 2 is 1.93 bits per heavy atom. The molecule has 0 fully saturated rings. The monoisotopic (exact) mass is 230 g/mol. The van der Waals surface area contributed by atoms with Crippen LogP contribution in [-0.2, 0) is 0 Å². The molecule has 0 rings (SSSR count). The maximum atomic E-state index is 9.73. The highest BCUT2D eigenvalue weighted by Gasteiger charge is 2.13. The van der Waals surface area contributed by atoms with Crippen LogP contribution < -0.4 is 0 Å². The van der Waals surface area contributed by atoms with Crippen molar-refractivity contribution in [3.05, 3.63) is 12.7 Å². The standard InChI is InChI=1S/C13H26OS/c1-5-6-7-8-9-10-12(14)11-15-13(2,3)4/h5,12,14H,1,6-11H2,2-4H3. The molecular weight excluding hydrogens is 204 g/mol. The minimum Gasteiger partial charge on any atom is -0.392 e. The number of aliphatic hydroxyl groups is 1. The van der Waals surface area contributed by atoms with Crippen LogP contribution in [0.3, 0.4) is 0 Å². The van der Waals surface area contributed by atoms with Gasteiger partial charge in [0, 0.05) is 10.5 Å². The van der Waals surface area contributed by atoms with Gasteiger partial charge >= 0.3 is 0 Å². The Bertz CT molecular complexity index is 160. The van der Waals surface area contributed by atoms with Crippen LogP contribution in [0, 0.1) is 0 Å². The molecule has 1 atom stereocenters. The molecule has 0 saturated heterocycles. The molecule has 0 bridgehead atoms. The van der Waals surface area contributed by atoms with Crippen LogP contribution in [-0.4, -0.2) is 21.7 Å². The van der Waals surface area contributed by atoms with Crippen LogP contribution in [0.2, 0.25) is 0 Å². The van der Waals surface area contributed by atoms with E-state index < -0.39 is 0 Å². The summed E-state index contributed by atoms with van der Waals surface area (Å²) in [6, 6.07) is 0. The van der Waals surface area contributed by atoms with Crippen molar-refractivity contribution < 1.29 is 5.11 Å². The summed E-state index contributed by atoms with van der Waals surface area (Å²) in [5.74, 6) is 0.866. The first kappa shape index (κ1) is 15.0. The van der Waals surface area contributed by atoms with Gasteiger partial charge in [0.25, 0.3) is 0 Å². The first-order chi connectivity index (χ1) is 6.95. The van der Waals surface area contributed by atoms with Gasteiger partial charge in [-0.25, -0.2) is 0 Å². The fourth-order valence-electron chi connectivity index (χ4n) is 1.27. The lowest BCUT2D eigenvalue weighted by Crippen LogP contribution is -2.16. The number of aliphatic hydroxyl groups excluding tert-OH is 1. The summed E-state index contributed by atoms with van der Waals surface area (Å²) in [4.78, 5) is 0. The van der Waals surface area contributed by atoms with Crippen molar-refractivity contribution in [2.75, 3.05) is 5.75 Å². The second-order valence-electron chi connectivity index (χ2n) is 5.00. The number of allylic oxidation sites excluding steroid dienone is 1. The zero-order chi connectivity index (χ0) is 11.7. The molecule has 0 aromatic carbocycles. The normalized spacial score (nSPS) is 13.9. The number of rotatable bonds is 8. The van der Waals surface area contributed by atoms with Crippen LogP contribution in [0.1, 0.15) is 52.9 Å². The average molecular weight is 230 g/mol. The van der Waals surface area contributed by atoms with E-state index in [-0.39, 0.29) is 10.9 Å². The molecule has 15 heavy (non-hydrogen) atoms. The molecule has 1 N–H and O–H groups in total. The van der Waals surface area contributed by atoms with E-state index in [4.69, 9.17) is 0 Å². The van der Waals surface area contributed by atoms with Gasteiger partial charge in [-0.3, -0.25) is 0 Å². The zero-order valence-corrected chi connectivity index (χ0v) is 11.3. The molecule has 0 aromatic heterocycles. The quantitative estimate of drug-likeness (QED) is 0.502. The Balaban J connectivity index is 3.33. The van der Waals surface area contributed by atoms with E-state index in [1.807, 2.05) is 17.8 Å².